The fraction of sp³-hybridized carbons (Fsp3) is 0.550. The number of nitrogens with one attached hydrogen (secondary N) is 1. The van der Waals surface area contributed by atoms with Crippen molar-refractivity contribution in [2.45, 2.75) is 46.1 Å². The van der Waals surface area contributed by atoms with Crippen molar-refractivity contribution in [3.8, 4) is 0 Å². The maximum absolute atomic E-state index is 12.6. The van der Waals surface area contributed by atoms with Crippen LogP contribution in [-0.2, 0) is 17.8 Å². The summed E-state index contributed by atoms with van der Waals surface area (Å²) in [5.41, 5.74) is 0.494. The molecule has 1 N–H and O–H groups in total. The highest BCUT2D eigenvalue weighted by atomic mass is 32.1. The second-order valence-electron chi connectivity index (χ2n) is 7.13. The first-order chi connectivity index (χ1) is 13.0. The zero-order valence-corrected chi connectivity index (χ0v) is 16.9. The van der Waals surface area contributed by atoms with Gasteiger partial charge >= 0.3 is 0 Å². The van der Waals surface area contributed by atoms with Crippen LogP contribution in [-0.4, -0.2) is 46.1 Å². The van der Waals surface area contributed by atoms with Gasteiger partial charge in [0.15, 0.2) is 0 Å². The first-order valence-corrected chi connectivity index (χ1v) is 10.5. The summed E-state index contributed by atoms with van der Waals surface area (Å²) in [6, 6.07) is 6.00. The summed E-state index contributed by atoms with van der Waals surface area (Å²) in [7, 11) is 0. The molecule has 1 aliphatic heterocycles. The van der Waals surface area contributed by atoms with Crippen LogP contribution in [0.3, 0.4) is 0 Å². The number of likely N-dealkylation sites (tertiary alicyclic amines) is 1. The van der Waals surface area contributed by atoms with Crippen LogP contribution in [0.4, 0.5) is 0 Å². The number of nitrogens with zero attached hydrogens (tertiary/aromatic N) is 3. The van der Waals surface area contributed by atoms with Gasteiger partial charge in [0.25, 0.3) is 5.91 Å². The number of hydrogen-bond donors (Lipinski definition) is 1. The largest absolute Gasteiger partial charge is 0.356 e. The van der Waals surface area contributed by atoms with Gasteiger partial charge in [0, 0.05) is 48.6 Å². The van der Waals surface area contributed by atoms with Gasteiger partial charge in [-0.2, -0.15) is 5.10 Å². The van der Waals surface area contributed by atoms with E-state index in [0.29, 0.717) is 25.2 Å². The minimum Gasteiger partial charge on any atom is -0.356 e. The highest BCUT2D eigenvalue weighted by Crippen LogP contribution is 2.21. The molecule has 3 rings (SSSR count). The lowest BCUT2D eigenvalue weighted by Crippen LogP contribution is -2.41. The number of aryl methyl sites for hydroxylation is 2. The number of thiophene rings is 1. The first kappa shape index (κ1) is 19.6. The van der Waals surface area contributed by atoms with Crippen molar-refractivity contribution in [3.63, 3.8) is 0 Å². The Kier molecular flexibility index (Phi) is 6.66. The summed E-state index contributed by atoms with van der Waals surface area (Å²) >= 11 is 1.78. The van der Waals surface area contributed by atoms with Crippen LogP contribution in [0.2, 0.25) is 0 Å². The SMILES string of the molecule is CCn1ccc(C(=O)N2CCCC(CC(=O)NCCc3ccc(C)s3)C2)n1. The van der Waals surface area contributed by atoms with Gasteiger partial charge in [0.05, 0.1) is 0 Å². The minimum absolute atomic E-state index is 0.0274. The summed E-state index contributed by atoms with van der Waals surface area (Å²) in [6.45, 7) is 6.89. The van der Waals surface area contributed by atoms with Gasteiger partial charge in [-0.15, -0.1) is 11.3 Å². The molecule has 2 amide bonds. The van der Waals surface area contributed by atoms with Crippen LogP contribution in [0.15, 0.2) is 24.4 Å². The lowest BCUT2D eigenvalue weighted by molar-refractivity contribution is -0.122. The molecule has 1 saturated heterocycles. The van der Waals surface area contributed by atoms with Crippen LogP contribution in [0.25, 0.3) is 0 Å². The zero-order valence-electron chi connectivity index (χ0n) is 16.1. The van der Waals surface area contributed by atoms with Crippen LogP contribution in [0.1, 0.15) is 46.4 Å². The normalized spacial score (nSPS) is 17.1. The van der Waals surface area contributed by atoms with Crippen molar-refractivity contribution in [2.75, 3.05) is 19.6 Å². The molecule has 6 nitrogen and oxygen atoms in total. The molecule has 1 fully saturated rings. The Morgan fingerprint density at radius 2 is 2.19 bits per heavy atom. The van der Waals surface area contributed by atoms with E-state index in [0.717, 1.165) is 32.4 Å². The molecule has 3 heterocycles. The van der Waals surface area contributed by atoms with E-state index < -0.39 is 0 Å². The summed E-state index contributed by atoms with van der Waals surface area (Å²) in [4.78, 5) is 29.4. The van der Waals surface area contributed by atoms with Gasteiger partial charge in [-0.3, -0.25) is 14.3 Å². The predicted molar refractivity (Wildman–Crippen MR) is 107 cm³/mol. The van der Waals surface area contributed by atoms with Gasteiger partial charge in [0.2, 0.25) is 5.91 Å². The number of hydrogen-bond acceptors (Lipinski definition) is 4. The topological polar surface area (TPSA) is 67.2 Å². The smallest absolute Gasteiger partial charge is 0.274 e. The monoisotopic (exact) mass is 388 g/mol. The Labute approximate surface area is 164 Å². The van der Waals surface area contributed by atoms with Gasteiger partial charge in [0.1, 0.15) is 5.69 Å². The Morgan fingerprint density at radius 3 is 2.89 bits per heavy atom. The molecule has 146 valence electrons. The van der Waals surface area contributed by atoms with E-state index in [1.54, 1.807) is 22.1 Å². The summed E-state index contributed by atoms with van der Waals surface area (Å²) in [5.74, 6) is 0.276. The molecular formula is C20H28N4O2S. The first-order valence-electron chi connectivity index (χ1n) is 9.70. The van der Waals surface area contributed by atoms with Crippen LogP contribution >= 0.6 is 11.3 Å². The van der Waals surface area contributed by atoms with E-state index >= 15 is 0 Å². The average molecular weight is 389 g/mol. The van der Waals surface area contributed by atoms with Crippen LogP contribution < -0.4 is 5.32 Å². The third kappa shape index (κ3) is 5.42. The van der Waals surface area contributed by atoms with E-state index in [2.05, 4.69) is 29.5 Å². The predicted octanol–water partition coefficient (Wildman–Crippen LogP) is 2.87. The summed E-state index contributed by atoms with van der Waals surface area (Å²) < 4.78 is 1.76. The van der Waals surface area contributed by atoms with Crippen molar-refractivity contribution in [1.29, 1.82) is 0 Å². The molecule has 2 aromatic heterocycles. The van der Waals surface area contributed by atoms with Crippen LogP contribution in [0.5, 0.6) is 0 Å². The maximum atomic E-state index is 12.6. The third-order valence-corrected chi connectivity index (χ3v) is 6.01. The summed E-state index contributed by atoms with van der Waals surface area (Å²) in [6.07, 6.45) is 5.12. The molecular weight excluding hydrogens is 360 g/mol. The van der Waals surface area contributed by atoms with Crippen molar-refractivity contribution in [3.05, 3.63) is 39.8 Å². The molecule has 0 aromatic carbocycles. The number of carbonyl (C=O) groups excluding carboxylic acids is 2. The van der Waals surface area contributed by atoms with E-state index in [1.165, 1.54) is 9.75 Å². The van der Waals surface area contributed by atoms with E-state index in [9.17, 15) is 9.59 Å². The van der Waals surface area contributed by atoms with Gasteiger partial charge < -0.3 is 10.2 Å². The highest BCUT2D eigenvalue weighted by molar-refractivity contribution is 7.11. The number of carbonyl (C=O) groups is 2. The highest BCUT2D eigenvalue weighted by Gasteiger charge is 2.27. The van der Waals surface area contributed by atoms with Crippen molar-refractivity contribution >= 4 is 23.2 Å². The maximum Gasteiger partial charge on any atom is 0.274 e. The lowest BCUT2D eigenvalue weighted by Gasteiger charge is -2.32. The molecule has 0 aliphatic carbocycles. The second kappa shape index (κ2) is 9.17. The lowest BCUT2D eigenvalue weighted by atomic mass is 9.94. The molecule has 1 unspecified atom stereocenters. The van der Waals surface area contributed by atoms with E-state index in [4.69, 9.17) is 0 Å². The number of piperidine rings is 1. The Hall–Kier alpha value is -2.15. The Morgan fingerprint density at radius 1 is 1.33 bits per heavy atom. The molecule has 0 radical (unpaired) electrons. The molecule has 0 bridgehead atoms. The summed E-state index contributed by atoms with van der Waals surface area (Å²) in [5, 5.41) is 7.33. The molecule has 1 atom stereocenters. The Bertz CT molecular complexity index is 783. The van der Waals surface area contributed by atoms with Gasteiger partial charge in [-0.05, 0) is 57.2 Å². The standard InChI is InChI=1S/C20H28N4O2S/c1-3-24-12-9-18(22-24)20(26)23-11-4-5-16(14-23)13-19(25)21-10-8-17-7-6-15(2)27-17/h6-7,9,12,16H,3-5,8,10-11,13-14H2,1-2H3,(H,21,25). The van der Waals surface area contributed by atoms with Gasteiger partial charge in [-0.1, -0.05) is 0 Å². The van der Waals surface area contributed by atoms with E-state index in [1.807, 2.05) is 18.0 Å². The fourth-order valence-corrected chi connectivity index (χ4v) is 4.40. The molecule has 0 spiro atoms. The number of aromatic nitrogens is 2. The Balaban J connectivity index is 1.44. The van der Waals surface area contributed by atoms with Gasteiger partial charge in [-0.25, -0.2) is 0 Å². The van der Waals surface area contributed by atoms with E-state index in [-0.39, 0.29) is 17.7 Å². The van der Waals surface area contributed by atoms with Crippen molar-refractivity contribution in [2.24, 2.45) is 5.92 Å². The fourth-order valence-electron chi connectivity index (χ4n) is 3.51. The van der Waals surface area contributed by atoms with Crippen molar-refractivity contribution in [1.82, 2.24) is 20.0 Å². The molecule has 27 heavy (non-hydrogen) atoms. The number of rotatable bonds is 7. The molecule has 2 aromatic rings. The molecule has 1 aliphatic rings. The van der Waals surface area contributed by atoms with Crippen LogP contribution in [0, 0.1) is 12.8 Å². The van der Waals surface area contributed by atoms with Crippen molar-refractivity contribution < 1.29 is 9.59 Å². The quantitative estimate of drug-likeness (QED) is 0.793. The zero-order chi connectivity index (χ0) is 19.2. The minimum atomic E-state index is -0.0274. The third-order valence-electron chi connectivity index (χ3n) is 4.95. The second-order valence-corrected chi connectivity index (χ2v) is 8.50. The number of amides is 2. The molecule has 7 heteroatoms. The average Bonchev–Trinajstić information content (AvgIpc) is 3.30. The molecule has 0 saturated carbocycles.